The molecule has 0 radical (unpaired) electrons. The number of nitrogens with one attached hydrogen (secondary N) is 1. The molecule has 2 rings (SSSR count). The van der Waals surface area contributed by atoms with Crippen molar-refractivity contribution in [2.24, 2.45) is 5.73 Å². The zero-order valence-corrected chi connectivity index (χ0v) is 12.2. The van der Waals surface area contributed by atoms with Gasteiger partial charge in [-0.3, -0.25) is 0 Å². The van der Waals surface area contributed by atoms with E-state index in [1.807, 2.05) is 0 Å². The van der Waals surface area contributed by atoms with Gasteiger partial charge in [-0.1, -0.05) is 18.0 Å². The van der Waals surface area contributed by atoms with Crippen molar-refractivity contribution in [3.8, 4) is 5.75 Å². The fraction of sp³-hybridized carbons (Fsp3) is 0.500. The van der Waals surface area contributed by atoms with E-state index in [1.165, 1.54) is 25.3 Å². The molecule has 106 valence electrons. The fourth-order valence-corrected chi connectivity index (χ4v) is 3.89. The zero-order valence-electron chi connectivity index (χ0n) is 10.6. The lowest BCUT2D eigenvalue weighted by Crippen LogP contribution is -2.43. The van der Waals surface area contributed by atoms with Gasteiger partial charge in [-0.15, -0.1) is 0 Å². The molecule has 1 aliphatic rings. The summed E-state index contributed by atoms with van der Waals surface area (Å²) in [4.78, 5) is 0.123. The number of hydrogen-bond acceptors (Lipinski definition) is 4. The van der Waals surface area contributed by atoms with Gasteiger partial charge >= 0.3 is 0 Å². The maximum absolute atomic E-state index is 12.2. The van der Waals surface area contributed by atoms with Crippen LogP contribution in [0.25, 0.3) is 0 Å². The summed E-state index contributed by atoms with van der Waals surface area (Å²) in [5, 5.41) is 0.265. The molecule has 2 atom stereocenters. The van der Waals surface area contributed by atoms with Crippen molar-refractivity contribution < 1.29 is 13.2 Å². The van der Waals surface area contributed by atoms with Gasteiger partial charge in [0.1, 0.15) is 5.75 Å². The maximum atomic E-state index is 12.2. The summed E-state index contributed by atoms with van der Waals surface area (Å²) in [6, 6.07) is 4.05. The molecular formula is C12H17ClN2O3S. The zero-order chi connectivity index (χ0) is 14.0. The van der Waals surface area contributed by atoms with Gasteiger partial charge in [0.2, 0.25) is 10.0 Å². The van der Waals surface area contributed by atoms with E-state index in [0.29, 0.717) is 5.75 Å². The van der Waals surface area contributed by atoms with Crippen molar-refractivity contribution in [1.29, 1.82) is 0 Å². The van der Waals surface area contributed by atoms with Gasteiger partial charge in [-0.25, -0.2) is 13.1 Å². The number of ether oxygens (including phenoxy) is 1. The first-order valence-electron chi connectivity index (χ1n) is 6.05. The minimum Gasteiger partial charge on any atom is -0.495 e. The summed E-state index contributed by atoms with van der Waals surface area (Å²) in [7, 11) is -2.12. The molecule has 1 aliphatic carbocycles. The Morgan fingerprint density at radius 1 is 1.42 bits per heavy atom. The van der Waals surface area contributed by atoms with E-state index in [0.717, 1.165) is 19.3 Å². The van der Waals surface area contributed by atoms with Crippen molar-refractivity contribution in [3.63, 3.8) is 0 Å². The quantitative estimate of drug-likeness (QED) is 0.883. The molecule has 5 nitrogen and oxygen atoms in total. The number of sulfonamides is 1. The van der Waals surface area contributed by atoms with Crippen LogP contribution >= 0.6 is 11.6 Å². The van der Waals surface area contributed by atoms with Gasteiger partial charge in [-0.2, -0.15) is 0 Å². The smallest absolute Gasteiger partial charge is 0.240 e. The Morgan fingerprint density at radius 2 is 2.16 bits per heavy atom. The van der Waals surface area contributed by atoms with E-state index in [9.17, 15) is 8.42 Å². The summed E-state index contributed by atoms with van der Waals surface area (Å²) in [5.41, 5.74) is 5.87. The third-order valence-corrected chi connectivity index (χ3v) is 5.09. The van der Waals surface area contributed by atoms with Crippen molar-refractivity contribution in [3.05, 3.63) is 23.2 Å². The molecule has 0 spiro atoms. The molecule has 3 N–H and O–H groups in total. The lowest BCUT2D eigenvalue weighted by atomic mass is 10.2. The highest BCUT2D eigenvalue weighted by Crippen LogP contribution is 2.27. The first-order chi connectivity index (χ1) is 8.94. The van der Waals surface area contributed by atoms with Crippen LogP contribution in [0.1, 0.15) is 19.3 Å². The number of benzene rings is 1. The summed E-state index contributed by atoms with van der Waals surface area (Å²) in [6.45, 7) is 0. The van der Waals surface area contributed by atoms with Crippen LogP contribution in [0.2, 0.25) is 5.02 Å². The Bertz CT molecular complexity index is 562. The van der Waals surface area contributed by atoms with E-state index < -0.39 is 10.0 Å². The van der Waals surface area contributed by atoms with Crippen molar-refractivity contribution in [1.82, 2.24) is 4.72 Å². The molecule has 0 heterocycles. The topological polar surface area (TPSA) is 81.4 Å². The number of halogens is 1. The Hall–Kier alpha value is -0.820. The average molecular weight is 305 g/mol. The summed E-state index contributed by atoms with van der Waals surface area (Å²) >= 11 is 5.94. The van der Waals surface area contributed by atoms with E-state index in [1.54, 1.807) is 0 Å². The molecule has 1 aromatic carbocycles. The van der Waals surface area contributed by atoms with Crippen molar-refractivity contribution in [2.45, 2.75) is 36.2 Å². The summed E-state index contributed by atoms with van der Waals surface area (Å²) in [6.07, 6.45) is 2.55. The normalized spacial score (nSPS) is 23.5. The molecule has 7 heteroatoms. The molecule has 0 aromatic heterocycles. The highest BCUT2D eigenvalue weighted by molar-refractivity contribution is 7.89. The lowest BCUT2D eigenvalue weighted by Gasteiger charge is -2.17. The van der Waals surface area contributed by atoms with Crippen LogP contribution in [0.5, 0.6) is 5.75 Å². The number of methoxy groups -OCH3 is 1. The van der Waals surface area contributed by atoms with Gasteiger partial charge in [-0.05, 0) is 31.0 Å². The SMILES string of the molecule is COc1ccc(S(=O)(=O)NC2CCCC2N)cc1Cl. The Morgan fingerprint density at radius 3 is 2.68 bits per heavy atom. The maximum Gasteiger partial charge on any atom is 0.240 e. The van der Waals surface area contributed by atoms with Gasteiger partial charge in [0.05, 0.1) is 17.0 Å². The first kappa shape index (κ1) is 14.6. The number of nitrogens with two attached hydrogens (primary N) is 1. The Labute approximate surface area is 118 Å². The van der Waals surface area contributed by atoms with E-state index >= 15 is 0 Å². The van der Waals surface area contributed by atoms with E-state index in [2.05, 4.69) is 4.72 Å². The predicted molar refractivity (Wildman–Crippen MR) is 73.9 cm³/mol. The van der Waals surface area contributed by atoms with Gasteiger partial charge < -0.3 is 10.5 Å². The highest BCUT2D eigenvalue weighted by atomic mass is 35.5. The van der Waals surface area contributed by atoms with Crippen LogP contribution in [0, 0.1) is 0 Å². The van der Waals surface area contributed by atoms with Crippen LogP contribution in [0.4, 0.5) is 0 Å². The van der Waals surface area contributed by atoms with Crippen LogP contribution in [0.15, 0.2) is 23.1 Å². The summed E-state index contributed by atoms with van der Waals surface area (Å²) < 4.78 is 32.1. The first-order valence-corrected chi connectivity index (χ1v) is 7.91. The second-order valence-electron chi connectivity index (χ2n) is 4.62. The Balaban J connectivity index is 2.22. The average Bonchev–Trinajstić information content (AvgIpc) is 2.74. The molecule has 0 amide bonds. The minimum absolute atomic E-state index is 0.122. The van der Waals surface area contributed by atoms with Gasteiger partial charge in [0.25, 0.3) is 0 Å². The molecule has 1 saturated carbocycles. The monoisotopic (exact) mass is 304 g/mol. The number of rotatable bonds is 4. The molecule has 19 heavy (non-hydrogen) atoms. The minimum atomic E-state index is -3.59. The second-order valence-corrected chi connectivity index (χ2v) is 6.74. The highest BCUT2D eigenvalue weighted by Gasteiger charge is 2.29. The molecule has 0 saturated heterocycles. The molecule has 1 aromatic rings. The van der Waals surface area contributed by atoms with Crippen LogP contribution in [0.3, 0.4) is 0 Å². The largest absolute Gasteiger partial charge is 0.495 e. The molecule has 0 aliphatic heterocycles. The van der Waals surface area contributed by atoms with E-state index in [-0.39, 0.29) is 22.0 Å². The molecule has 1 fully saturated rings. The fourth-order valence-electron chi connectivity index (χ4n) is 2.22. The van der Waals surface area contributed by atoms with Crippen LogP contribution < -0.4 is 15.2 Å². The van der Waals surface area contributed by atoms with Crippen molar-refractivity contribution >= 4 is 21.6 Å². The molecule has 0 bridgehead atoms. The number of hydrogen-bond donors (Lipinski definition) is 2. The standard InChI is InChI=1S/C12H17ClN2O3S/c1-18-12-6-5-8(7-9(12)13)19(16,17)15-11-4-2-3-10(11)14/h5-7,10-11,15H,2-4,14H2,1H3. The summed E-state index contributed by atoms with van der Waals surface area (Å²) in [5.74, 6) is 0.443. The van der Waals surface area contributed by atoms with Gasteiger partial charge in [0.15, 0.2) is 0 Å². The predicted octanol–water partition coefficient (Wildman–Crippen LogP) is 1.51. The third-order valence-electron chi connectivity index (χ3n) is 3.31. The third kappa shape index (κ3) is 3.20. The van der Waals surface area contributed by atoms with Gasteiger partial charge in [0, 0.05) is 12.1 Å². The molecule has 2 unspecified atom stereocenters. The Kier molecular flexibility index (Phi) is 4.35. The van der Waals surface area contributed by atoms with E-state index in [4.69, 9.17) is 22.1 Å². The van der Waals surface area contributed by atoms with Crippen molar-refractivity contribution in [2.75, 3.05) is 7.11 Å². The second kappa shape index (κ2) is 5.66. The van der Waals surface area contributed by atoms with Crippen LogP contribution in [-0.4, -0.2) is 27.6 Å². The van der Waals surface area contributed by atoms with Crippen LogP contribution in [-0.2, 0) is 10.0 Å². The lowest BCUT2D eigenvalue weighted by molar-refractivity contribution is 0.414. The molecular weight excluding hydrogens is 288 g/mol.